The van der Waals surface area contributed by atoms with Gasteiger partial charge in [-0.15, -0.1) is 0 Å². The van der Waals surface area contributed by atoms with Crippen molar-refractivity contribution in [3.8, 4) is 0 Å². The van der Waals surface area contributed by atoms with E-state index < -0.39 is 0 Å². The van der Waals surface area contributed by atoms with Gasteiger partial charge in [0.05, 0.1) is 13.1 Å². The zero-order valence-corrected chi connectivity index (χ0v) is 33.1. The van der Waals surface area contributed by atoms with Gasteiger partial charge in [0.25, 0.3) is 0 Å². The average Bonchev–Trinajstić information content (AvgIpc) is 3.21. The normalized spacial score (nSPS) is 12.6. The number of rotatable bonds is 3. The van der Waals surface area contributed by atoms with E-state index in [1.807, 2.05) is 111 Å². The summed E-state index contributed by atoms with van der Waals surface area (Å²) in [5, 5.41) is 9.80. The maximum Gasteiger partial charge on any atom is 0.182 e. The third-order valence-corrected chi connectivity index (χ3v) is 4.11. The largest absolute Gasteiger partial charge is 0.314 e. The number of hydrogen-bond donors (Lipinski definition) is 3. The average molecular weight is 643 g/mol. The summed E-state index contributed by atoms with van der Waals surface area (Å²) < 4.78 is 0. The Morgan fingerprint density at radius 2 is 0.844 bits per heavy atom. The first kappa shape index (κ1) is 61.7. The van der Waals surface area contributed by atoms with Crippen LogP contribution in [0.5, 0.6) is 0 Å². The summed E-state index contributed by atoms with van der Waals surface area (Å²) >= 11 is 0. The van der Waals surface area contributed by atoms with E-state index in [2.05, 4.69) is 61.2 Å². The van der Waals surface area contributed by atoms with Crippen molar-refractivity contribution in [2.45, 2.75) is 117 Å². The van der Waals surface area contributed by atoms with Crippen LogP contribution in [0.3, 0.4) is 0 Å². The Balaban J connectivity index is -0.0000000619. The van der Waals surface area contributed by atoms with E-state index in [0.717, 1.165) is 58.9 Å². The van der Waals surface area contributed by atoms with Crippen LogP contribution >= 0.6 is 0 Å². The highest BCUT2D eigenvalue weighted by molar-refractivity contribution is 6.16. The molecule has 0 aromatic heterocycles. The first-order valence-corrected chi connectivity index (χ1v) is 18.1. The molecule has 8 nitrogen and oxygen atoms in total. The molecule has 0 bridgehead atoms. The molecule has 45 heavy (non-hydrogen) atoms. The van der Waals surface area contributed by atoms with Gasteiger partial charge in [-0.05, 0) is 5.56 Å². The highest BCUT2D eigenvalue weighted by Crippen LogP contribution is 2.04. The van der Waals surface area contributed by atoms with Crippen LogP contribution in [0.25, 0.3) is 0 Å². The lowest BCUT2D eigenvalue weighted by Crippen LogP contribution is -2.42. The molecule has 3 aliphatic rings. The number of carbonyl (C=O) groups excluding carboxylic acids is 2. The molecular formula is C37H82N6O2. The molecular weight excluding hydrogens is 560 g/mol. The number of nitrogens with one attached hydrogen (secondary N) is 3. The lowest BCUT2D eigenvalue weighted by Gasteiger charge is -2.27. The molecule has 3 heterocycles. The van der Waals surface area contributed by atoms with Gasteiger partial charge in [-0.1, -0.05) is 141 Å². The molecule has 0 radical (unpaired) electrons. The Bertz CT molecular complexity index is 546. The molecule has 8 heteroatoms. The van der Waals surface area contributed by atoms with Crippen LogP contribution in [0.2, 0.25) is 0 Å². The SMILES string of the molecule is C1=NCCN=C1.C1CNCCN1.CC.CC.CC.CC.CC.CC.CC.CC.O=CC=O.c1ccc(CN2CCNCC2)cc1. The highest BCUT2D eigenvalue weighted by atomic mass is 16.2. The summed E-state index contributed by atoms with van der Waals surface area (Å²) in [4.78, 5) is 27.9. The fourth-order valence-corrected chi connectivity index (χ4v) is 2.67. The minimum Gasteiger partial charge on any atom is -0.314 e. The van der Waals surface area contributed by atoms with Crippen LogP contribution in [0.1, 0.15) is 116 Å². The maximum absolute atomic E-state index is 8.81. The Hall–Kier alpha value is -2.26. The molecule has 0 saturated carbocycles. The third-order valence-electron chi connectivity index (χ3n) is 4.11. The molecule has 0 atom stereocenters. The molecule has 1 aromatic rings. The molecule has 2 saturated heterocycles. The number of hydrogen-bond acceptors (Lipinski definition) is 8. The van der Waals surface area contributed by atoms with E-state index in [4.69, 9.17) is 9.59 Å². The topological polar surface area (TPSA) is 98.2 Å². The van der Waals surface area contributed by atoms with Crippen LogP contribution < -0.4 is 16.0 Å². The summed E-state index contributed by atoms with van der Waals surface area (Å²) in [5.41, 5.74) is 1.42. The summed E-state index contributed by atoms with van der Waals surface area (Å²) in [7, 11) is 0. The smallest absolute Gasteiger partial charge is 0.182 e. The molecule has 1 aromatic carbocycles. The molecule has 0 unspecified atom stereocenters. The number of nitrogens with zero attached hydrogens (tertiary/aromatic N) is 3. The fourth-order valence-electron chi connectivity index (χ4n) is 2.67. The monoisotopic (exact) mass is 643 g/mol. The van der Waals surface area contributed by atoms with Gasteiger partial charge in [-0.2, -0.15) is 0 Å². The third kappa shape index (κ3) is 69.8. The van der Waals surface area contributed by atoms with E-state index in [9.17, 15) is 0 Å². The van der Waals surface area contributed by atoms with Crippen LogP contribution in [-0.2, 0) is 16.1 Å². The summed E-state index contributed by atoms with van der Waals surface area (Å²) in [6, 6.07) is 10.7. The zero-order chi connectivity index (χ0) is 36.8. The van der Waals surface area contributed by atoms with Gasteiger partial charge in [-0.25, -0.2) is 0 Å². The van der Waals surface area contributed by atoms with E-state index in [0.29, 0.717) is 0 Å². The predicted octanol–water partition coefficient (Wildman–Crippen LogP) is 8.01. The van der Waals surface area contributed by atoms with Crippen molar-refractivity contribution >= 4 is 25.0 Å². The van der Waals surface area contributed by atoms with Gasteiger partial charge >= 0.3 is 0 Å². The number of carbonyl (C=O) groups is 2. The second-order valence-corrected chi connectivity index (χ2v) is 6.39. The number of aliphatic imine (C=N–C) groups is 2. The summed E-state index contributed by atoms with van der Waals surface area (Å²) in [5.74, 6) is 0. The second kappa shape index (κ2) is 83.9. The first-order valence-electron chi connectivity index (χ1n) is 18.1. The summed E-state index contributed by atoms with van der Waals surface area (Å²) in [6.45, 7) is 44.0. The molecule has 3 aliphatic heterocycles. The van der Waals surface area contributed by atoms with Gasteiger partial charge in [0.15, 0.2) is 12.6 Å². The molecule has 272 valence electrons. The number of piperazine rings is 2. The molecule has 3 N–H and O–H groups in total. The van der Waals surface area contributed by atoms with Crippen LogP contribution in [0.4, 0.5) is 0 Å². The van der Waals surface area contributed by atoms with Crippen molar-refractivity contribution < 1.29 is 9.59 Å². The predicted molar refractivity (Wildman–Crippen MR) is 210 cm³/mol. The zero-order valence-electron chi connectivity index (χ0n) is 33.1. The van der Waals surface area contributed by atoms with E-state index in [1.54, 1.807) is 12.4 Å². The van der Waals surface area contributed by atoms with Gasteiger partial charge in [0, 0.05) is 71.3 Å². The van der Waals surface area contributed by atoms with Crippen LogP contribution in [-0.4, -0.2) is 95.3 Å². The lowest BCUT2D eigenvalue weighted by molar-refractivity contribution is -0.122. The highest BCUT2D eigenvalue weighted by Gasteiger charge is 2.08. The molecule has 4 rings (SSSR count). The fraction of sp³-hybridized carbons (Fsp3) is 0.730. The standard InChI is InChI=1S/C11H16N2.C4H10N2.C4H6N2.C2H2O2.8C2H6/c1-2-4-11(5-3-1)10-13-8-6-12-7-9-13;2*1-2-6-4-3-5-1;3-1-2-4;8*1-2/h1-5,12H,6-10H2;5-6H,1-4H2;1-2H,3-4H2;1-2H;8*1-2H3. The van der Waals surface area contributed by atoms with E-state index in [-0.39, 0.29) is 12.6 Å². The van der Waals surface area contributed by atoms with Crippen molar-refractivity contribution in [3.63, 3.8) is 0 Å². The molecule has 0 amide bonds. The molecule has 2 fully saturated rings. The van der Waals surface area contributed by atoms with Gasteiger partial charge in [0.1, 0.15) is 0 Å². The number of benzene rings is 1. The Morgan fingerprint density at radius 1 is 0.533 bits per heavy atom. The number of aldehydes is 2. The van der Waals surface area contributed by atoms with Crippen molar-refractivity contribution in [1.29, 1.82) is 0 Å². The minimum atomic E-state index is 0.194. The van der Waals surface area contributed by atoms with Crippen LogP contribution in [0, 0.1) is 0 Å². The maximum atomic E-state index is 8.81. The second-order valence-electron chi connectivity index (χ2n) is 6.39. The van der Waals surface area contributed by atoms with Gasteiger partial charge in [-0.3, -0.25) is 24.5 Å². The van der Waals surface area contributed by atoms with E-state index in [1.165, 1.54) is 18.7 Å². The van der Waals surface area contributed by atoms with Crippen molar-refractivity contribution in [1.82, 2.24) is 20.9 Å². The first-order chi connectivity index (χ1) is 22.4. The van der Waals surface area contributed by atoms with Crippen LogP contribution in [0.15, 0.2) is 40.3 Å². The van der Waals surface area contributed by atoms with Crippen molar-refractivity contribution in [2.24, 2.45) is 9.98 Å². The molecule has 0 aliphatic carbocycles. The quantitative estimate of drug-likeness (QED) is 0.228. The minimum absolute atomic E-state index is 0.194. The lowest BCUT2D eigenvalue weighted by atomic mass is 10.2. The van der Waals surface area contributed by atoms with E-state index >= 15 is 0 Å². The molecule has 0 spiro atoms. The van der Waals surface area contributed by atoms with Gasteiger partial charge < -0.3 is 16.0 Å². The van der Waals surface area contributed by atoms with Crippen molar-refractivity contribution in [2.75, 3.05) is 65.4 Å². The Labute approximate surface area is 283 Å². The summed E-state index contributed by atoms with van der Waals surface area (Å²) in [6.07, 6.45) is 3.84. The van der Waals surface area contributed by atoms with Crippen molar-refractivity contribution in [3.05, 3.63) is 35.9 Å². The Kier molecular flexibility index (Phi) is 115. The Morgan fingerprint density at radius 3 is 1.09 bits per heavy atom. The van der Waals surface area contributed by atoms with Gasteiger partial charge in [0.2, 0.25) is 0 Å².